The van der Waals surface area contributed by atoms with E-state index in [-0.39, 0.29) is 0 Å². The van der Waals surface area contributed by atoms with Crippen molar-refractivity contribution in [3.05, 3.63) is 24.3 Å². The normalized spacial score (nSPS) is 9.62. The summed E-state index contributed by atoms with van der Waals surface area (Å²) in [7, 11) is 0. The molecule has 0 bridgehead atoms. The highest BCUT2D eigenvalue weighted by Gasteiger charge is 1.95. The largest absolute Gasteiger partial charge is 0.351 e. The zero-order chi connectivity index (χ0) is 9.68. The minimum Gasteiger partial charge on any atom is -0.351 e. The van der Waals surface area contributed by atoms with Crippen molar-refractivity contribution in [1.29, 1.82) is 0 Å². The molecule has 0 fully saturated rings. The molecule has 1 aromatic carbocycles. The van der Waals surface area contributed by atoms with Crippen LogP contribution in [0.25, 0.3) is 0 Å². The zero-order valence-electron chi connectivity index (χ0n) is 7.41. The highest BCUT2D eigenvalue weighted by atomic mass is 32.2. The molecule has 0 spiro atoms. The molecule has 0 saturated heterocycles. The minimum absolute atomic E-state index is 0.532. The molecule has 0 aliphatic heterocycles. The highest BCUT2D eigenvalue weighted by Crippen LogP contribution is 2.19. The van der Waals surface area contributed by atoms with Crippen molar-refractivity contribution in [1.82, 2.24) is 0 Å². The maximum Gasteiger partial charge on any atom is 0.316 e. The van der Waals surface area contributed by atoms with Crippen molar-refractivity contribution in [3.63, 3.8) is 0 Å². The first-order chi connectivity index (χ1) is 6.22. The maximum absolute atomic E-state index is 10.5. The van der Waals surface area contributed by atoms with Crippen LogP contribution < -0.4 is 11.1 Å². The fourth-order valence-corrected chi connectivity index (χ4v) is 1.61. The summed E-state index contributed by atoms with van der Waals surface area (Å²) in [5.74, 6) is 1.04. The van der Waals surface area contributed by atoms with Crippen LogP contribution in [0.3, 0.4) is 0 Å². The minimum atomic E-state index is -0.532. The summed E-state index contributed by atoms with van der Waals surface area (Å²) >= 11 is 1.76. The number of hydrogen-bond donors (Lipinski definition) is 2. The molecule has 2 amide bonds. The fraction of sp³-hybridized carbons (Fsp3) is 0.222. The van der Waals surface area contributed by atoms with Crippen molar-refractivity contribution < 1.29 is 4.79 Å². The average Bonchev–Trinajstić information content (AvgIpc) is 2.08. The van der Waals surface area contributed by atoms with Gasteiger partial charge in [0.2, 0.25) is 0 Å². The molecule has 0 atom stereocenters. The number of carbonyl (C=O) groups excluding carboxylic acids is 1. The van der Waals surface area contributed by atoms with Gasteiger partial charge < -0.3 is 11.1 Å². The number of amides is 2. The van der Waals surface area contributed by atoms with Gasteiger partial charge in [-0.05, 0) is 30.0 Å². The van der Waals surface area contributed by atoms with Gasteiger partial charge in [-0.1, -0.05) is 6.92 Å². The van der Waals surface area contributed by atoms with Crippen LogP contribution in [0, 0.1) is 0 Å². The standard InChI is InChI=1S/C9H12N2OS/c1-2-13-8-5-3-7(4-6-8)11-9(10)12/h3-6H,2H2,1H3,(H3,10,11,12). The predicted octanol–water partition coefficient (Wildman–Crippen LogP) is 2.29. The quantitative estimate of drug-likeness (QED) is 0.729. The van der Waals surface area contributed by atoms with E-state index in [4.69, 9.17) is 5.73 Å². The first-order valence-corrected chi connectivity index (χ1v) is 5.00. The number of hydrogen-bond acceptors (Lipinski definition) is 2. The predicted molar refractivity (Wildman–Crippen MR) is 56.0 cm³/mol. The summed E-state index contributed by atoms with van der Waals surface area (Å²) in [6.45, 7) is 2.10. The molecule has 0 saturated carbocycles. The van der Waals surface area contributed by atoms with Gasteiger partial charge in [0.15, 0.2) is 0 Å². The number of thioether (sulfide) groups is 1. The third-order valence-corrected chi connectivity index (χ3v) is 2.33. The third-order valence-electron chi connectivity index (χ3n) is 1.43. The molecule has 4 heteroatoms. The maximum atomic E-state index is 10.5. The summed E-state index contributed by atoms with van der Waals surface area (Å²) in [4.78, 5) is 11.7. The Kier molecular flexibility index (Phi) is 3.64. The van der Waals surface area contributed by atoms with Gasteiger partial charge in [0, 0.05) is 10.6 Å². The Morgan fingerprint density at radius 3 is 2.54 bits per heavy atom. The molecule has 0 radical (unpaired) electrons. The van der Waals surface area contributed by atoms with Crippen LogP contribution >= 0.6 is 11.8 Å². The van der Waals surface area contributed by atoms with Crippen LogP contribution in [0.2, 0.25) is 0 Å². The molecule has 0 heterocycles. The third kappa shape index (κ3) is 3.38. The van der Waals surface area contributed by atoms with Crippen LogP contribution in [0.4, 0.5) is 10.5 Å². The zero-order valence-corrected chi connectivity index (χ0v) is 8.23. The summed E-state index contributed by atoms with van der Waals surface area (Å²) < 4.78 is 0. The number of urea groups is 1. The van der Waals surface area contributed by atoms with Gasteiger partial charge in [0.25, 0.3) is 0 Å². The van der Waals surface area contributed by atoms with E-state index in [0.29, 0.717) is 0 Å². The first kappa shape index (κ1) is 9.92. The van der Waals surface area contributed by atoms with Gasteiger partial charge in [-0.15, -0.1) is 11.8 Å². The second-order valence-electron chi connectivity index (χ2n) is 2.45. The number of primary amides is 1. The lowest BCUT2D eigenvalue weighted by Crippen LogP contribution is -2.19. The van der Waals surface area contributed by atoms with Gasteiger partial charge in [0.05, 0.1) is 0 Å². The van der Waals surface area contributed by atoms with Crippen molar-refractivity contribution in [2.45, 2.75) is 11.8 Å². The number of nitrogens with two attached hydrogens (primary N) is 1. The average molecular weight is 196 g/mol. The molecule has 3 N–H and O–H groups in total. The van der Waals surface area contributed by atoms with Crippen LogP contribution in [0.15, 0.2) is 29.2 Å². The number of anilines is 1. The van der Waals surface area contributed by atoms with E-state index in [1.807, 2.05) is 24.3 Å². The lowest BCUT2D eigenvalue weighted by Gasteiger charge is -2.02. The van der Waals surface area contributed by atoms with E-state index in [2.05, 4.69) is 12.2 Å². The Hall–Kier alpha value is -1.16. The Labute approximate surface area is 81.7 Å². The molecule has 13 heavy (non-hydrogen) atoms. The van der Waals surface area contributed by atoms with E-state index in [0.717, 1.165) is 11.4 Å². The SMILES string of the molecule is CCSc1ccc(NC(N)=O)cc1. The van der Waals surface area contributed by atoms with Gasteiger partial charge in [-0.2, -0.15) is 0 Å². The number of nitrogens with one attached hydrogen (secondary N) is 1. The summed E-state index contributed by atoms with van der Waals surface area (Å²) in [5, 5.41) is 2.50. The van der Waals surface area contributed by atoms with Crippen LogP contribution in [0.5, 0.6) is 0 Å². The molecule has 1 aromatic rings. The number of benzene rings is 1. The number of carbonyl (C=O) groups is 1. The van der Waals surface area contributed by atoms with Gasteiger partial charge in [0.1, 0.15) is 0 Å². The van der Waals surface area contributed by atoms with Crippen molar-refractivity contribution >= 4 is 23.5 Å². The summed E-state index contributed by atoms with van der Waals surface area (Å²) in [6.07, 6.45) is 0. The molecular formula is C9H12N2OS. The van der Waals surface area contributed by atoms with E-state index < -0.39 is 6.03 Å². The Bertz CT molecular complexity index is 284. The molecular weight excluding hydrogens is 184 g/mol. The summed E-state index contributed by atoms with van der Waals surface area (Å²) in [6, 6.07) is 7.06. The molecule has 3 nitrogen and oxygen atoms in total. The monoisotopic (exact) mass is 196 g/mol. The van der Waals surface area contributed by atoms with E-state index in [1.165, 1.54) is 4.90 Å². The fourth-order valence-electron chi connectivity index (χ4n) is 0.943. The van der Waals surface area contributed by atoms with Gasteiger partial charge in [-0.25, -0.2) is 4.79 Å². The topological polar surface area (TPSA) is 55.1 Å². The Balaban J connectivity index is 2.64. The van der Waals surface area contributed by atoms with E-state index in [9.17, 15) is 4.79 Å². The van der Waals surface area contributed by atoms with Crippen molar-refractivity contribution in [3.8, 4) is 0 Å². The first-order valence-electron chi connectivity index (χ1n) is 4.01. The Morgan fingerprint density at radius 2 is 2.08 bits per heavy atom. The molecule has 0 aliphatic carbocycles. The molecule has 0 aliphatic rings. The Morgan fingerprint density at radius 1 is 1.46 bits per heavy atom. The van der Waals surface area contributed by atoms with E-state index in [1.54, 1.807) is 11.8 Å². The van der Waals surface area contributed by atoms with Crippen molar-refractivity contribution in [2.24, 2.45) is 5.73 Å². The molecule has 1 rings (SSSR count). The highest BCUT2D eigenvalue weighted by molar-refractivity contribution is 7.99. The van der Waals surface area contributed by atoms with Crippen molar-refractivity contribution in [2.75, 3.05) is 11.1 Å². The van der Waals surface area contributed by atoms with Crippen LogP contribution in [-0.4, -0.2) is 11.8 Å². The molecule has 0 unspecified atom stereocenters. The lowest BCUT2D eigenvalue weighted by molar-refractivity contribution is 0.259. The van der Waals surface area contributed by atoms with Crippen LogP contribution in [-0.2, 0) is 0 Å². The van der Waals surface area contributed by atoms with Gasteiger partial charge in [-0.3, -0.25) is 0 Å². The number of rotatable bonds is 3. The second kappa shape index (κ2) is 4.77. The van der Waals surface area contributed by atoms with Gasteiger partial charge >= 0.3 is 6.03 Å². The molecule has 70 valence electrons. The lowest BCUT2D eigenvalue weighted by atomic mass is 10.3. The van der Waals surface area contributed by atoms with Crippen LogP contribution in [0.1, 0.15) is 6.92 Å². The van der Waals surface area contributed by atoms with E-state index >= 15 is 0 Å². The smallest absolute Gasteiger partial charge is 0.316 e. The second-order valence-corrected chi connectivity index (χ2v) is 3.78. The molecule has 0 aromatic heterocycles. The summed E-state index contributed by atoms with van der Waals surface area (Å²) in [5.41, 5.74) is 5.70.